The number of hydrogen-bond donors (Lipinski definition) is 4. The highest BCUT2D eigenvalue weighted by Gasteiger charge is 2.33. The van der Waals surface area contributed by atoms with Crippen LogP contribution >= 0.6 is 23.2 Å². The summed E-state index contributed by atoms with van der Waals surface area (Å²) in [5.41, 5.74) is 1.37. The Balaban J connectivity index is 1.46. The van der Waals surface area contributed by atoms with Crippen molar-refractivity contribution >= 4 is 40.8 Å². The molecule has 8 nitrogen and oxygen atoms in total. The topological polar surface area (TPSA) is 109 Å². The quantitative estimate of drug-likeness (QED) is 0.446. The summed E-state index contributed by atoms with van der Waals surface area (Å²) < 4.78 is 11.1. The Morgan fingerprint density at radius 3 is 2.67 bits per heavy atom. The van der Waals surface area contributed by atoms with E-state index in [2.05, 4.69) is 16.0 Å². The number of hydrogen-bond acceptors (Lipinski definition) is 5. The van der Waals surface area contributed by atoms with Gasteiger partial charge in [0.1, 0.15) is 11.9 Å². The van der Waals surface area contributed by atoms with Gasteiger partial charge in [-0.3, -0.25) is 4.79 Å². The molecule has 178 valence electrons. The molecule has 3 rings (SSSR count). The third-order valence-electron chi connectivity index (χ3n) is 5.35. The monoisotopic (exact) mass is 495 g/mol. The summed E-state index contributed by atoms with van der Waals surface area (Å²) in [6.07, 6.45) is 0.310. The lowest BCUT2D eigenvalue weighted by Gasteiger charge is -2.36. The predicted molar refractivity (Wildman–Crippen MR) is 127 cm³/mol. The van der Waals surface area contributed by atoms with Crippen molar-refractivity contribution in [2.75, 3.05) is 19.0 Å². The molecule has 3 atom stereocenters. The van der Waals surface area contributed by atoms with E-state index in [0.29, 0.717) is 40.9 Å². The van der Waals surface area contributed by atoms with Crippen molar-refractivity contribution in [1.29, 1.82) is 0 Å². The summed E-state index contributed by atoms with van der Waals surface area (Å²) in [6, 6.07) is 11.4. The van der Waals surface area contributed by atoms with E-state index in [1.54, 1.807) is 42.5 Å². The van der Waals surface area contributed by atoms with Gasteiger partial charge >= 0.3 is 6.03 Å². The summed E-state index contributed by atoms with van der Waals surface area (Å²) in [6.45, 7) is 0.0418. The van der Waals surface area contributed by atoms with Crippen molar-refractivity contribution in [2.45, 2.75) is 44.1 Å². The van der Waals surface area contributed by atoms with Crippen LogP contribution in [0.5, 0.6) is 5.75 Å². The SMILES string of the molecule is COc1ccccc1NC(=O)N[C@H]1CC[C@@H](CC(=O)NCc2ccc(Cl)c(Cl)c2)O[C@@H]1CO. The maximum Gasteiger partial charge on any atom is 0.319 e. The molecular formula is C23H27Cl2N3O5. The maximum absolute atomic E-state index is 12.4. The van der Waals surface area contributed by atoms with E-state index >= 15 is 0 Å². The maximum atomic E-state index is 12.4. The fourth-order valence-electron chi connectivity index (χ4n) is 3.65. The predicted octanol–water partition coefficient (Wildman–Crippen LogP) is 3.74. The molecule has 0 spiro atoms. The summed E-state index contributed by atoms with van der Waals surface area (Å²) >= 11 is 11.9. The average Bonchev–Trinajstić information content (AvgIpc) is 2.81. The van der Waals surface area contributed by atoms with Crippen molar-refractivity contribution in [3.63, 3.8) is 0 Å². The second-order valence-electron chi connectivity index (χ2n) is 7.69. The highest BCUT2D eigenvalue weighted by molar-refractivity contribution is 6.42. The number of methoxy groups -OCH3 is 1. The third-order valence-corrected chi connectivity index (χ3v) is 6.09. The van der Waals surface area contributed by atoms with Crippen molar-refractivity contribution in [3.8, 4) is 5.75 Å². The Morgan fingerprint density at radius 2 is 1.94 bits per heavy atom. The average molecular weight is 496 g/mol. The van der Waals surface area contributed by atoms with E-state index < -0.39 is 12.1 Å². The molecule has 2 aromatic rings. The van der Waals surface area contributed by atoms with Crippen LogP contribution in [0.3, 0.4) is 0 Å². The lowest BCUT2D eigenvalue weighted by atomic mass is 9.97. The standard InChI is InChI=1S/C23H27Cl2N3O5/c1-32-20-5-3-2-4-18(20)27-23(31)28-19-9-7-15(33-21(19)13-29)11-22(30)26-12-14-6-8-16(24)17(25)10-14/h2-6,8,10,15,19,21,29H,7,9,11-13H2,1H3,(H,26,30)(H2,27,28,31)/t15-,19-,21+/m0/s1. The second-order valence-corrected chi connectivity index (χ2v) is 8.51. The van der Waals surface area contributed by atoms with Gasteiger partial charge in [-0.1, -0.05) is 41.4 Å². The Bertz CT molecular complexity index is 975. The lowest BCUT2D eigenvalue weighted by molar-refractivity contribution is -0.130. The summed E-state index contributed by atoms with van der Waals surface area (Å²) in [5, 5.41) is 19.1. The van der Waals surface area contributed by atoms with Crippen molar-refractivity contribution in [1.82, 2.24) is 10.6 Å². The number of aliphatic hydroxyl groups excluding tert-OH is 1. The van der Waals surface area contributed by atoms with Crippen LogP contribution in [-0.4, -0.2) is 49.0 Å². The molecule has 0 radical (unpaired) electrons. The van der Waals surface area contributed by atoms with E-state index in [1.165, 1.54) is 7.11 Å². The van der Waals surface area contributed by atoms with Crippen LogP contribution in [0.1, 0.15) is 24.8 Å². The Hall–Kier alpha value is -2.52. The summed E-state index contributed by atoms with van der Waals surface area (Å²) in [7, 11) is 1.52. The Labute approximate surface area is 202 Å². The van der Waals surface area contributed by atoms with Crippen LogP contribution < -0.4 is 20.7 Å². The summed E-state index contributed by atoms with van der Waals surface area (Å²) in [5.74, 6) is 0.362. The molecule has 10 heteroatoms. The molecule has 1 saturated heterocycles. The molecule has 33 heavy (non-hydrogen) atoms. The normalized spacial score (nSPS) is 20.1. The first kappa shape index (κ1) is 25.1. The van der Waals surface area contributed by atoms with Crippen molar-refractivity contribution < 1.29 is 24.2 Å². The number of ether oxygens (including phenoxy) is 2. The number of aliphatic hydroxyl groups is 1. The number of para-hydroxylation sites is 2. The number of nitrogens with one attached hydrogen (secondary N) is 3. The molecule has 1 fully saturated rings. The molecule has 0 bridgehead atoms. The van der Waals surface area contributed by atoms with Crippen LogP contribution in [0.4, 0.5) is 10.5 Å². The van der Waals surface area contributed by atoms with Crippen molar-refractivity contribution in [2.24, 2.45) is 0 Å². The second kappa shape index (κ2) is 12.1. The zero-order chi connectivity index (χ0) is 23.8. The van der Waals surface area contributed by atoms with Crippen LogP contribution in [0.25, 0.3) is 0 Å². The number of benzene rings is 2. The highest BCUT2D eigenvalue weighted by atomic mass is 35.5. The summed E-state index contributed by atoms with van der Waals surface area (Å²) in [4.78, 5) is 24.8. The number of amides is 3. The van der Waals surface area contributed by atoms with Gasteiger partial charge < -0.3 is 30.5 Å². The van der Waals surface area contributed by atoms with Crippen LogP contribution in [0.15, 0.2) is 42.5 Å². The van der Waals surface area contributed by atoms with Gasteiger partial charge in [0.2, 0.25) is 5.91 Å². The number of carbonyl (C=O) groups excluding carboxylic acids is 2. The molecule has 1 aliphatic rings. The van der Waals surface area contributed by atoms with Gasteiger partial charge in [-0.15, -0.1) is 0 Å². The largest absolute Gasteiger partial charge is 0.495 e. The first-order valence-corrected chi connectivity index (χ1v) is 11.3. The number of halogens is 2. The molecule has 4 N–H and O–H groups in total. The Morgan fingerprint density at radius 1 is 1.15 bits per heavy atom. The van der Waals surface area contributed by atoms with Gasteiger partial charge in [-0.2, -0.15) is 0 Å². The third kappa shape index (κ3) is 7.23. The first-order valence-electron chi connectivity index (χ1n) is 10.6. The van der Waals surface area contributed by atoms with Crippen molar-refractivity contribution in [3.05, 3.63) is 58.1 Å². The van der Waals surface area contributed by atoms with E-state index in [9.17, 15) is 14.7 Å². The molecule has 0 aromatic heterocycles. The molecule has 0 aliphatic carbocycles. The fourth-order valence-corrected chi connectivity index (χ4v) is 3.97. The Kier molecular flexibility index (Phi) is 9.20. The van der Waals surface area contributed by atoms with E-state index in [-0.39, 0.29) is 31.1 Å². The number of anilines is 1. The smallest absolute Gasteiger partial charge is 0.319 e. The van der Waals surface area contributed by atoms with E-state index in [4.69, 9.17) is 32.7 Å². The van der Waals surface area contributed by atoms with Gasteiger partial charge in [0.25, 0.3) is 0 Å². The number of urea groups is 1. The minimum Gasteiger partial charge on any atom is -0.495 e. The van der Waals surface area contributed by atoms with Gasteiger partial charge in [0.15, 0.2) is 0 Å². The minimum absolute atomic E-state index is 0.151. The fraction of sp³-hybridized carbons (Fsp3) is 0.391. The van der Waals surface area contributed by atoms with E-state index in [1.807, 2.05) is 0 Å². The molecule has 2 aromatic carbocycles. The number of carbonyl (C=O) groups is 2. The molecular weight excluding hydrogens is 469 g/mol. The molecule has 0 saturated carbocycles. The van der Waals surface area contributed by atoms with Crippen LogP contribution in [0, 0.1) is 0 Å². The first-order chi connectivity index (χ1) is 15.9. The molecule has 1 aliphatic heterocycles. The van der Waals surface area contributed by atoms with Gasteiger partial charge in [0, 0.05) is 6.54 Å². The molecule has 3 amide bonds. The van der Waals surface area contributed by atoms with Crippen LogP contribution in [0.2, 0.25) is 10.0 Å². The van der Waals surface area contributed by atoms with Gasteiger partial charge in [-0.05, 0) is 42.7 Å². The zero-order valence-electron chi connectivity index (χ0n) is 18.1. The zero-order valence-corrected chi connectivity index (χ0v) is 19.7. The molecule has 1 heterocycles. The lowest BCUT2D eigenvalue weighted by Crippen LogP contribution is -2.52. The minimum atomic E-state index is -0.616. The number of rotatable bonds is 8. The van der Waals surface area contributed by atoms with Crippen LogP contribution in [-0.2, 0) is 16.1 Å². The highest BCUT2D eigenvalue weighted by Crippen LogP contribution is 2.25. The van der Waals surface area contributed by atoms with E-state index in [0.717, 1.165) is 5.56 Å². The van der Waals surface area contributed by atoms with Gasteiger partial charge in [0.05, 0.1) is 48.0 Å². The van der Waals surface area contributed by atoms with Gasteiger partial charge in [-0.25, -0.2) is 4.79 Å². The molecule has 0 unspecified atom stereocenters.